The number of amides is 1. The fourth-order valence-electron chi connectivity index (χ4n) is 5.10. The largest absolute Gasteiger partial charge is 0.394 e. The number of carbonyl (C=O) groups excluding carboxylic acids is 1. The van der Waals surface area contributed by atoms with Crippen LogP contribution in [-0.4, -0.2) is 182 Å². The lowest BCUT2D eigenvalue weighted by atomic mass is 9.96. The second kappa shape index (κ2) is 17.7. The molecule has 15 atom stereocenters. The lowest BCUT2D eigenvalue weighted by Crippen LogP contribution is -2.66. The Hall–Kier alpha value is -1.17. The van der Waals surface area contributed by atoms with E-state index >= 15 is 0 Å². The number of carbonyl (C=O) groups is 1. The Bertz CT molecular complexity index is 853. The van der Waals surface area contributed by atoms with Crippen LogP contribution in [0.25, 0.3) is 0 Å². The molecule has 3 aliphatic rings. The highest BCUT2D eigenvalue weighted by Gasteiger charge is 2.53. The second-order valence-corrected chi connectivity index (χ2v) is 11.0. The van der Waals surface area contributed by atoms with Gasteiger partial charge in [0.1, 0.15) is 73.2 Å². The maximum Gasteiger partial charge on any atom is 0.219 e. The van der Waals surface area contributed by atoms with E-state index < -0.39 is 112 Å². The molecule has 18 heteroatoms. The van der Waals surface area contributed by atoms with Crippen LogP contribution in [0.2, 0.25) is 0 Å². The normalized spacial score (nSPS) is 43.1. The average molecular weight is 646 g/mol. The summed E-state index contributed by atoms with van der Waals surface area (Å²) < 4.78 is 33.0. The van der Waals surface area contributed by atoms with Crippen molar-refractivity contribution in [3.8, 4) is 0 Å². The van der Waals surface area contributed by atoms with Crippen molar-refractivity contribution in [2.75, 3.05) is 33.0 Å². The van der Waals surface area contributed by atoms with Crippen LogP contribution < -0.4 is 5.32 Å². The Labute approximate surface area is 253 Å². The molecule has 0 aromatic heterocycles. The first-order chi connectivity index (χ1) is 21.0. The Kier molecular flexibility index (Phi) is 15.0. The number of hydrogen-bond acceptors (Lipinski definition) is 17. The fourth-order valence-corrected chi connectivity index (χ4v) is 5.10. The maximum absolute atomic E-state index is 11.7. The summed E-state index contributed by atoms with van der Waals surface area (Å²) in [5.74, 6) is -0.0968. The molecule has 0 aromatic rings. The third kappa shape index (κ3) is 9.00. The van der Waals surface area contributed by atoms with E-state index in [4.69, 9.17) is 28.4 Å². The van der Waals surface area contributed by atoms with Gasteiger partial charge in [-0.3, -0.25) is 4.79 Å². The van der Waals surface area contributed by atoms with Gasteiger partial charge < -0.3 is 84.8 Å². The van der Waals surface area contributed by atoms with Gasteiger partial charge in [-0.1, -0.05) is 13.3 Å². The first-order valence-electron chi connectivity index (χ1n) is 14.7. The highest BCUT2D eigenvalue weighted by Crippen LogP contribution is 2.32. The summed E-state index contributed by atoms with van der Waals surface area (Å²) in [6.07, 6.45) is -22.3. The van der Waals surface area contributed by atoms with Gasteiger partial charge in [-0.2, -0.15) is 0 Å². The molecule has 3 rings (SSSR count). The van der Waals surface area contributed by atoms with Crippen LogP contribution >= 0.6 is 0 Å². The molecule has 3 aliphatic heterocycles. The van der Waals surface area contributed by atoms with Gasteiger partial charge in [0.15, 0.2) is 18.9 Å². The molecule has 18 nitrogen and oxygen atoms in total. The van der Waals surface area contributed by atoms with Crippen molar-refractivity contribution in [2.24, 2.45) is 0 Å². The van der Waals surface area contributed by atoms with E-state index in [2.05, 4.69) is 5.32 Å². The monoisotopic (exact) mass is 645 g/mol. The van der Waals surface area contributed by atoms with E-state index in [0.29, 0.717) is 19.4 Å². The summed E-state index contributed by atoms with van der Waals surface area (Å²) in [4.78, 5) is 11.7. The Morgan fingerprint density at radius 3 is 1.80 bits per heavy atom. The molecule has 3 saturated heterocycles. The minimum absolute atomic E-state index is 0.0314. The summed E-state index contributed by atoms with van der Waals surface area (Å²) >= 11 is 0. The highest BCUT2D eigenvalue weighted by molar-refractivity contribution is 5.75. The van der Waals surface area contributed by atoms with Crippen LogP contribution in [0.3, 0.4) is 0 Å². The molecule has 0 aromatic carbocycles. The predicted octanol–water partition coefficient (Wildman–Crippen LogP) is -5.85. The molecule has 3 fully saturated rings. The lowest BCUT2D eigenvalue weighted by Gasteiger charge is -2.48. The summed E-state index contributed by atoms with van der Waals surface area (Å²) in [6, 6.07) is 0. The lowest BCUT2D eigenvalue weighted by molar-refractivity contribution is -0.380. The minimum Gasteiger partial charge on any atom is -0.394 e. The van der Waals surface area contributed by atoms with Crippen LogP contribution in [0.15, 0.2) is 0 Å². The molecule has 0 spiro atoms. The van der Waals surface area contributed by atoms with Crippen LogP contribution in [0, 0.1) is 0 Å². The van der Waals surface area contributed by atoms with Crippen LogP contribution in [0.5, 0.6) is 0 Å². The van der Waals surface area contributed by atoms with E-state index in [1.165, 1.54) is 0 Å². The predicted molar refractivity (Wildman–Crippen MR) is 142 cm³/mol. The van der Waals surface area contributed by atoms with Gasteiger partial charge >= 0.3 is 0 Å². The van der Waals surface area contributed by atoms with Crippen molar-refractivity contribution in [3.05, 3.63) is 0 Å². The van der Waals surface area contributed by atoms with Crippen LogP contribution in [-0.2, 0) is 33.2 Å². The zero-order valence-corrected chi connectivity index (χ0v) is 24.4. The topological polar surface area (TPSA) is 287 Å². The highest BCUT2D eigenvalue weighted by atomic mass is 16.8. The van der Waals surface area contributed by atoms with Crippen molar-refractivity contribution in [2.45, 2.75) is 125 Å². The maximum atomic E-state index is 11.7. The fraction of sp³-hybridized carbons (Fsp3) is 0.962. The molecule has 0 aliphatic carbocycles. The molecular weight excluding hydrogens is 598 g/mol. The number of aliphatic hydroxyl groups excluding tert-OH is 10. The van der Waals surface area contributed by atoms with Crippen LogP contribution in [0.1, 0.15) is 32.6 Å². The summed E-state index contributed by atoms with van der Waals surface area (Å²) in [5.41, 5.74) is 0. The first-order valence-corrected chi connectivity index (χ1v) is 14.7. The Morgan fingerprint density at radius 2 is 1.18 bits per heavy atom. The number of aliphatic hydroxyl groups is 10. The molecule has 0 bridgehead atoms. The second-order valence-electron chi connectivity index (χ2n) is 11.0. The summed E-state index contributed by atoms with van der Waals surface area (Å²) in [6.45, 7) is 0.00179. The molecule has 44 heavy (non-hydrogen) atoms. The molecule has 258 valence electrons. The zero-order chi connectivity index (χ0) is 32.6. The number of hydrogen-bond donors (Lipinski definition) is 11. The molecule has 15 unspecified atom stereocenters. The van der Waals surface area contributed by atoms with Gasteiger partial charge in [-0.05, 0) is 12.8 Å². The molecule has 0 saturated carbocycles. The van der Waals surface area contributed by atoms with Gasteiger partial charge in [-0.25, -0.2) is 0 Å². The average Bonchev–Trinajstić information content (AvgIpc) is 3.02. The van der Waals surface area contributed by atoms with E-state index in [0.717, 1.165) is 12.8 Å². The van der Waals surface area contributed by atoms with Crippen molar-refractivity contribution in [3.63, 3.8) is 0 Å². The first kappa shape index (κ1) is 37.3. The van der Waals surface area contributed by atoms with E-state index in [1.54, 1.807) is 0 Å². The number of nitrogens with one attached hydrogen (secondary N) is 1. The Balaban J connectivity index is 1.62. The smallest absolute Gasteiger partial charge is 0.219 e. The quantitative estimate of drug-likeness (QED) is 0.0739. The van der Waals surface area contributed by atoms with E-state index in [9.17, 15) is 55.9 Å². The van der Waals surface area contributed by atoms with Gasteiger partial charge in [-0.15, -0.1) is 0 Å². The molecule has 1 amide bonds. The Morgan fingerprint density at radius 1 is 0.636 bits per heavy atom. The van der Waals surface area contributed by atoms with Crippen LogP contribution in [0.4, 0.5) is 0 Å². The SMILES string of the molecule is CCCCC(=O)NCCCOC1OC(CO)C(OC2OC(CO)C(O)C(OC3OC(CO)C(O)C(O)C3O)C2O)C(O)C1O. The van der Waals surface area contributed by atoms with E-state index in [-0.39, 0.29) is 12.5 Å². The third-order valence-corrected chi connectivity index (χ3v) is 7.76. The van der Waals surface area contributed by atoms with Crippen molar-refractivity contribution < 1.29 is 84.3 Å². The molecule has 3 heterocycles. The zero-order valence-electron chi connectivity index (χ0n) is 24.4. The van der Waals surface area contributed by atoms with Gasteiger partial charge in [0.05, 0.1) is 26.4 Å². The van der Waals surface area contributed by atoms with Crippen molar-refractivity contribution >= 4 is 5.91 Å². The number of unbranched alkanes of at least 4 members (excludes halogenated alkanes) is 1. The van der Waals surface area contributed by atoms with Crippen molar-refractivity contribution in [1.29, 1.82) is 0 Å². The van der Waals surface area contributed by atoms with Crippen molar-refractivity contribution in [1.82, 2.24) is 5.32 Å². The molecular formula is C26H47NO17. The standard InChI is InChI=1S/C26H47NO17/c1-2-3-5-14(31)27-6-4-7-39-24-20(37)18(35)22(13(10-30)42-24)43-26-21(38)23(16(33)12(9-29)41-26)44-25-19(36)17(34)15(32)11(8-28)40-25/h11-13,15-26,28-30,32-38H,2-10H2,1H3,(H,27,31). The molecule has 0 radical (unpaired) electrons. The van der Waals surface area contributed by atoms with E-state index in [1.807, 2.05) is 6.92 Å². The van der Waals surface area contributed by atoms with Gasteiger partial charge in [0.2, 0.25) is 5.91 Å². The summed E-state index contributed by atoms with van der Waals surface area (Å²) in [5, 5.41) is 105. The third-order valence-electron chi connectivity index (χ3n) is 7.76. The summed E-state index contributed by atoms with van der Waals surface area (Å²) in [7, 11) is 0. The number of rotatable bonds is 15. The number of ether oxygens (including phenoxy) is 6. The minimum atomic E-state index is -1.91. The van der Waals surface area contributed by atoms with Gasteiger partial charge in [0.25, 0.3) is 0 Å². The van der Waals surface area contributed by atoms with Gasteiger partial charge in [0, 0.05) is 13.0 Å². The molecule has 11 N–H and O–H groups in total.